The highest BCUT2D eigenvalue weighted by molar-refractivity contribution is 6.45. The van der Waals surface area contributed by atoms with E-state index in [-0.39, 0.29) is 17.9 Å². The Kier molecular flexibility index (Phi) is 9.65. The lowest BCUT2D eigenvalue weighted by atomic mass is 9.95. The second-order valence-electron chi connectivity index (χ2n) is 8.70. The number of carbonyl (C=O) groups is 1. The van der Waals surface area contributed by atoms with Crippen molar-refractivity contribution in [1.29, 1.82) is 0 Å². The summed E-state index contributed by atoms with van der Waals surface area (Å²) < 4.78 is 40.2. The summed E-state index contributed by atoms with van der Waals surface area (Å²) in [5, 5.41) is 10.5. The molecule has 0 aliphatic rings. The molecule has 0 saturated carbocycles. The van der Waals surface area contributed by atoms with Gasteiger partial charge < -0.3 is 15.0 Å². The molecule has 0 heterocycles. The van der Waals surface area contributed by atoms with Crippen LogP contribution in [0.4, 0.5) is 13.2 Å². The zero-order valence-corrected chi connectivity index (χ0v) is 21.7. The Balaban J connectivity index is 1.88. The highest BCUT2D eigenvalue weighted by Gasteiger charge is 2.29. The summed E-state index contributed by atoms with van der Waals surface area (Å²) in [4.78, 5) is 22.8. The molecule has 0 saturated heterocycles. The van der Waals surface area contributed by atoms with Crippen LogP contribution in [0.2, 0.25) is 0 Å². The number of aryl methyl sites for hydroxylation is 1. The quantitative estimate of drug-likeness (QED) is 0.272. The lowest BCUT2D eigenvalue weighted by Gasteiger charge is -2.15. The fourth-order valence-corrected chi connectivity index (χ4v) is 4.08. The van der Waals surface area contributed by atoms with Crippen molar-refractivity contribution in [3.05, 3.63) is 106 Å². The summed E-state index contributed by atoms with van der Waals surface area (Å²) in [5.41, 5.74) is 4.62. The molecular weight excluding hydrogens is 495 g/mol. The van der Waals surface area contributed by atoms with E-state index in [2.05, 4.69) is 15.6 Å². The molecular formula is C29H30F3N3O3. The minimum absolute atomic E-state index is 0.0280. The molecule has 9 heteroatoms. The van der Waals surface area contributed by atoms with Gasteiger partial charge in [-0.25, -0.2) is 0 Å². The van der Waals surface area contributed by atoms with Crippen molar-refractivity contribution in [2.24, 2.45) is 10.3 Å². The van der Waals surface area contributed by atoms with E-state index in [1.807, 2.05) is 43.3 Å². The Morgan fingerprint density at radius 2 is 1.68 bits per heavy atom. The van der Waals surface area contributed by atoms with E-state index < -0.39 is 18.5 Å². The molecule has 3 aromatic rings. The fraction of sp³-hybridized carbons (Fsp3) is 0.276. The van der Waals surface area contributed by atoms with Crippen molar-refractivity contribution >= 4 is 17.3 Å². The number of benzene rings is 3. The smallest absolute Gasteiger partial charge is 0.393 e. The van der Waals surface area contributed by atoms with E-state index in [1.54, 1.807) is 37.3 Å². The number of oxime groups is 2. The maximum Gasteiger partial charge on any atom is 0.393 e. The zero-order valence-electron chi connectivity index (χ0n) is 21.7. The number of nitrogens with one attached hydrogen (secondary N) is 1. The average Bonchev–Trinajstić information content (AvgIpc) is 2.87. The van der Waals surface area contributed by atoms with Crippen molar-refractivity contribution in [3.8, 4) is 0 Å². The average molecular weight is 526 g/mol. The van der Waals surface area contributed by atoms with Gasteiger partial charge in [-0.2, -0.15) is 13.2 Å². The maximum atomic E-state index is 13.4. The van der Waals surface area contributed by atoms with Gasteiger partial charge in [0, 0.05) is 23.7 Å². The molecule has 1 amide bonds. The van der Waals surface area contributed by atoms with Crippen LogP contribution in [0.25, 0.3) is 0 Å². The minimum Gasteiger partial charge on any atom is -0.398 e. The van der Waals surface area contributed by atoms with Gasteiger partial charge in [0.1, 0.15) is 13.7 Å². The Bertz CT molecular complexity index is 1320. The molecule has 6 nitrogen and oxygen atoms in total. The van der Waals surface area contributed by atoms with Crippen LogP contribution in [0.5, 0.6) is 0 Å². The monoisotopic (exact) mass is 525 g/mol. The predicted molar refractivity (Wildman–Crippen MR) is 141 cm³/mol. The van der Waals surface area contributed by atoms with Crippen LogP contribution in [0.15, 0.2) is 77.0 Å². The van der Waals surface area contributed by atoms with Crippen LogP contribution >= 0.6 is 0 Å². The van der Waals surface area contributed by atoms with Crippen LogP contribution in [-0.2, 0) is 33.9 Å². The van der Waals surface area contributed by atoms with Gasteiger partial charge in [-0.05, 0) is 42.5 Å². The molecule has 0 radical (unpaired) electrons. The molecule has 1 N–H and O–H groups in total. The summed E-state index contributed by atoms with van der Waals surface area (Å²) >= 11 is 0. The highest BCUT2D eigenvalue weighted by atomic mass is 19.4. The number of nitrogens with zero attached hydrogens (tertiary/aromatic N) is 2. The third-order valence-corrected chi connectivity index (χ3v) is 5.90. The van der Waals surface area contributed by atoms with Crippen LogP contribution < -0.4 is 5.32 Å². The van der Waals surface area contributed by atoms with Crippen LogP contribution in [0, 0.1) is 6.92 Å². The lowest BCUT2D eigenvalue weighted by molar-refractivity contribution is -0.127. The third kappa shape index (κ3) is 7.68. The van der Waals surface area contributed by atoms with E-state index >= 15 is 0 Å². The summed E-state index contributed by atoms with van der Waals surface area (Å²) in [5.74, 6) is -0.439. The van der Waals surface area contributed by atoms with Gasteiger partial charge in [0.05, 0.1) is 12.1 Å². The van der Waals surface area contributed by atoms with Crippen molar-refractivity contribution < 1.29 is 27.6 Å². The lowest BCUT2D eigenvalue weighted by Crippen LogP contribution is -2.29. The molecule has 38 heavy (non-hydrogen) atoms. The Labute approximate surface area is 220 Å². The van der Waals surface area contributed by atoms with Crippen molar-refractivity contribution in [2.75, 3.05) is 14.2 Å². The number of likely N-dealkylation sites (N-methyl/N-ethyl adjacent to an activating group) is 1. The largest absolute Gasteiger partial charge is 0.398 e. The molecule has 0 aromatic heterocycles. The van der Waals surface area contributed by atoms with Gasteiger partial charge in [-0.1, -0.05) is 77.0 Å². The van der Waals surface area contributed by atoms with Crippen LogP contribution in [0.1, 0.15) is 45.9 Å². The molecule has 3 rings (SSSR count). The van der Waals surface area contributed by atoms with E-state index in [0.717, 1.165) is 16.7 Å². The van der Waals surface area contributed by atoms with Crippen molar-refractivity contribution in [3.63, 3.8) is 0 Å². The number of alkyl halides is 3. The summed E-state index contributed by atoms with van der Waals surface area (Å²) in [6.45, 7) is 3.42. The van der Waals surface area contributed by atoms with Gasteiger partial charge in [0.15, 0.2) is 5.71 Å². The standard InChI is InChI=1S/C29H30F3N3O3/c1-19-9-8-12-25(27(35-37-4)28(36)33-3)26(19)18-38-34-20(2)24-14-13-22(15-21-10-6-5-7-11-21)16-23(24)17-29(30,31)32/h5-14,16H,15,17-18H2,1-4H3,(H,33,36)/b34-20+,35-27+. The van der Waals surface area contributed by atoms with Gasteiger partial charge >= 0.3 is 6.18 Å². The zero-order chi connectivity index (χ0) is 27.7. The van der Waals surface area contributed by atoms with Gasteiger partial charge in [0.25, 0.3) is 5.91 Å². The highest BCUT2D eigenvalue weighted by Crippen LogP contribution is 2.26. The number of carbonyl (C=O) groups excluding carboxylic acids is 1. The molecule has 0 bridgehead atoms. The molecule has 200 valence electrons. The summed E-state index contributed by atoms with van der Waals surface area (Å²) in [7, 11) is 2.82. The normalized spacial score (nSPS) is 12.3. The molecule has 0 fully saturated rings. The Hall–Kier alpha value is -4.14. The molecule has 0 aliphatic carbocycles. The molecule has 3 aromatic carbocycles. The number of amides is 1. The first kappa shape index (κ1) is 28.4. The van der Waals surface area contributed by atoms with Gasteiger partial charge in [-0.15, -0.1) is 0 Å². The second kappa shape index (κ2) is 12.9. The van der Waals surface area contributed by atoms with Crippen LogP contribution in [-0.4, -0.2) is 37.7 Å². The second-order valence-corrected chi connectivity index (χ2v) is 8.70. The minimum atomic E-state index is -4.38. The van der Waals surface area contributed by atoms with E-state index in [0.29, 0.717) is 28.8 Å². The molecule has 0 unspecified atom stereocenters. The first-order valence-electron chi connectivity index (χ1n) is 11.9. The summed E-state index contributed by atoms with van der Waals surface area (Å²) in [6.07, 6.45) is -4.94. The topological polar surface area (TPSA) is 72.3 Å². The summed E-state index contributed by atoms with van der Waals surface area (Å²) in [6, 6.07) is 19.9. The van der Waals surface area contributed by atoms with Gasteiger partial charge in [-0.3, -0.25) is 4.79 Å². The van der Waals surface area contributed by atoms with E-state index in [9.17, 15) is 18.0 Å². The number of hydrogen-bond donors (Lipinski definition) is 1. The first-order chi connectivity index (χ1) is 18.1. The SMILES string of the molecule is CNC(=O)/C(=N/OC)c1cccc(C)c1CO/N=C(\C)c1ccc(Cc2ccccc2)cc1CC(F)(F)F. The maximum absolute atomic E-state index is 13.4. The first-order valence-corrected chi connectivity index (χ1v) is 11.9. The number of hydrogen-bond acceptors (Lipinski definition) is 5. The number of halogens is 3. The van der Waals surface area contributed by atoms with Crippen LogP contribution in [0.3, 0.4) is 0 Å². The number of rotatable bonds is 10. The Morgan fingerprint density at radius 3 is 2.34 bits per heavy atom. The van der Waals surface area contributed by atoms with Crippen molar-refractivity contribution in [1.82, 2.24) is 5.32 Å². The van der Waals surface area contributed by atoms with Gasteiger partial charge in [0.2, 0.25) is 0 Å². The predicted octanol–water partition coefficient (Wildman–Crippen LogP) is 5.73. The molecule has 0 aliphatic heterocycles. The fourth-order valence-electron chi connectivity index (χ4n) is 4.08. The Morgan fingerprint density at radius 1 is 0.947 bits per heavy atom. The van der Waals surface area contributed by atoms with E-state index in [1.165, 1.54) is 14.2 Å². The van der Waals surface area contributed by atoms with E-state index in [4.69, 9.17) is 9.68 Å². The third-order valence-electron chi connectivity index (χ3n) is 5.90. The van der Waals surface area contributed by atoms with Crippen molar-refractivity contribution in [2.45, 2.75) is 39.5 Å². The molecule has 0 spiro atoms. The molecule has 0 atom stereocenters.